The lowest BCUT2D eigenvalue weighted by molar-refractivity contribution is -0.645. The van der Waals surface area contributed by atoms with Gasteiger partial charge in [0.2, 0.25) is 28.2 Å². The van der Waals surface area contributed by atoms with Crippen LogP contribution in [0.3, 0.4) is 0 Å². The number of nitrogens with one attached hydrogen (secondary N) is 7. The molecule has 408 valence electrons. The van der Waals surface area contributed by atoms with E-state index in [4.69, 9.17) is 4.74 Å². The van der Waals surface area contributed by atoms with Gasteiger partial charge in [0.25, 0.3) is 5.91 Å². The molecular formula is C66H82N8O4+2. The van der Waals surface area contributed by atoms with Crippen molar-refractivity contribution >= 4 is 61.9 Å². The topological polar surface area (TPSA) is 150 Å². The van der Waals surface area contributed by atoms with Crippen LogP contribution in [0.2, 0.25) is 0 Å². The second kappa shape index (κ2) is 24.7. The van der Waals surface area contributed by atoms with Gasteiger partial charge in [-0.05, 0) is 163 Å². The molecule has 4 heterocycles. The standard InChI is InChI=1S/C66H80N8O4/c1-43-39-65(3,4)72-55-37-59-53(35-51(43)55)63(54-36-52-44(2)40-66(5,6)73-56(52)38-60(54)78-59)47-24-26-48(27-25-47)64(77)71-30-14-9-12-18-61(75)69-28-15-11-16-29-70-62(76)19-13-10-17-31-74-57-32-45(41-67-7)20-22-49(57)34-50-23-21-46(42-68-8)33-58(50)74/h20-27,32-40,67-68H,9-19,28-31,41-42H2,1-8H3,(H3-,69,70,71,72,73,75,76,77)/p+2. The fraction of sp³-hybridized carbons (Fsp3) is 0.409. The highest BCUT2D eigenvalue weighted by Crippen LogP contribution is 2.44. The second-order valence-corrected chi connectivity index (χ2v) is 23.0. The lowest BCUT2D eigenvalue weighted by Gasteiger charge is -2.33. The predicted molar refractivity (Wildman–Crippen MR) is 316 cm³/mol. The number of aromatic nitrogens is 1. The summed E-state index contributed by atoms with van der Waals surface area (Å²) in [7, 11) is 3.96. The summed E-state index contributed by atoms with van der Waals surface area (Å²) in [5.74, 6) is 1.65. The van der Waals surface area contributed by atoms with Crippen molar-refractivity contribution in [3.8, 4) is 11.5 Å². The van der Waals surface area contributed by atoms with E-state index in [2.05, 4.69) is 162 Å². The molecule has 0 bridgehead atoms. The molecule has 0 aliphatic carbocycles. The highest BCUT2D eigenvalue weighted by molar-refractivity contribution is 5.96. The van der Waals surface area contributed by atoms with Crippen molar-refractivity contribution in [2.24, 2.45) is 0 Å². The Morgan fingerprint density at radius 1 is 0.590 bits per heavy atom. The second-order valence-electron chi connectivity index (χ2n) is 23.0. The van der Waals surface area contributed by atoms with E-state index >= 15 is 0 Å². The molecule has 3 aliphatic heterocycles. The zero-order chi connectivity index (χ0) is 55.0. The normalized spacial score (nSPS) is 14.6. The van der Waals surface area contributed by atoms with Crippen molar-refractivity contribution in [2.75, 3.05) is 39.0 Å². The van der Waals surface area contributed by atoms with Crippen LogP contribution in [0, 0.1) is 0 Å². The van der Waals surface area contributed by atoms with Gasteiger partial charge < -0.3 is 36.6 Å². The Labute approximate surface area is 461 Å². The highest BCUT2D eigenvalue weighted by Gasteiger charge is 2.31. The molecule has 0 unspecified atom stereocenters. The third kappa shape index (κ3) is 13.4. The number of allylic oxidation sites excluding steroid dienone is 2. The molecule has 0 atom stereocenters. The molecular weight excluding hydrogens is 969 g/mol. The van der Waals surface area contributed by atoms with Crippen LogP contribution in [0.25, 0.3) is 38.5 Å². The maximum atomic E-state index is 13.4. The molecule has 7 N–H and O–H groups in total. The average molecular weight is 1050 g/mol. The minimum Gasteiger partial charge on any atom is -0.456 e. The number of benzene rings is 5. The number of ether oxygens (including phenoxy) is 1. The van der Waals surface area contributed by atoms with Gasteiger partial charge in [-0.2, -0.15) is 4.57 Å². The molecule has 6 aromatic rings. The Hall–Kier alpha value is -7.15. The predicted octanol–water partition coefficient (Wildman–Crippen LogP) is 8.53. The number of carbonyl (C=O) groups is 3. The average Bonchev–Trinajstić information content (AvgIpc) is 3.59. The number of nitrogens with zero attached hydrogens (tertiary/aromatic N) is 1. The summed E-state index contributed by atoms with van der Waals surface area (Å²) in [6.45, 7) is 17.4. The molecule has 0 spiro atoms. The van der Waals surface area contributed by atoms with Gasteiger partial charge in [-0.25, -0.2) is 4.99 Å². The summed E-state index contributed by atoms with van der Waals surface area (Å²) in [5.41, 5.74) is 14.1. The molecule has 78 heavy (non-hydrogen) atoms. The lowest BCUT2D eigenvalue weighted by atomic mass is 9.85. The molecule has 0 saturated heterocycles. The van der Waals surface area contributed by atoms with Gasteiger partial charge >= 0.3 is 0 Å². The van der Waals surface area contributed by atoms with E-state index < -0.39 is 0 Å². The molecule has 12 nitrogen and oxygen atoms in total. The van der Waals surface area contributed by atoms with Crippen LogP contribution in [0.4, 0.5) is 5.69 Å². The van der Waals surface area contributed by atoms with Crippen molar-refractivity contribution in [1.82, 2.24) is 26.6 Å². The zero-order valence-corrected chi connectivity index (χ0v) is 47.4. The van der Waals surface area contributed by atoms with Gasteiger partial charge in [0.15, 0.2) is 5.54 Å². The number of anilines is 1. The van der Waals surface area contributed by atoms with Crippen molar-refractivity contribution < 1.29 is 28.7 Å². The Morgan fingerprint density at radius 2 is 1.18 bits per heavy atom. The number of hydrogen-bond acceptors (Lipinski definition) is 7. The molecule has 0 fully saturated rings. The smallest absolute Gasteiger partial charge is 0.251 e. The van der Waals surface area contributed by atoms with Gasteiger partial charge in [0.05, 0.1) is 11.6 Å². The SMILES string of the molecule is CNCc1ccc2cc3ccc(CNC)cc3[n+](CCCCCC(=O)NCCCCCNC(=O)CCCCCNC(=O)c3ccc(C4=c5cc6c(cc5Oc5cc7c(cc54)C(C)=CC(C)(C)N7)=[NH+]C(C)(C)C=C6C)cc3)c2c1. The summed E-state index contributed by atoms with van der Waals surface area (Å²) >= 11 is 0. The van der Waals surface area contributed by atoms with Crippen molar-refractivity contribution in [3.05, 3.63) is 153 Å². The summed E-state index contributed by atoms with van der Waals surface area (Å²) in [6, 6.07) is 32.4. The number of rotatable bonds is 24. The number of fused-ring (bicyclic) bond motifs is 6. The Kier molecular flexibility index (Phi) is 17.6. The fourth-order valence-electron chi connectivity index (χ4n) is 11.7. The molecule has 5 aromatic carbocycles. The van der Waals surface area contributed by atoms with E-state index in [-0.39, 0.29) is 28.8 Å². The van der Waals surface area contributed by atoms with Crippen LogP contribution in [0.5, 0.6) is 11.5 Å². The number of pyridine rings is 1. The zero-order valence-electron chi connectivity index (χ0n) is 47.4. The molecule has 0 saturated carbocycles. The molecule has 0 radical (unpaired) electrons. The maximum Gasteiger partial charge on any atom is 0.251 e. The lowest BCUT2D eigenvalue weighted by Crippen LogP contribution is -2.89. The molecule has 9 rings (SSSR count). The molecule has 1 aromatic heterocycles. The van der Waals surface area contributed by atoms with Crippen LogP contribution < -0.4 is 56.8 Å². The Balaban J connectivity index is 0.669. The number of unbranched alkanes of at least 4 members (excludes halogenated alkanes) is 6. The van der Waals surface area contributed by atoms with E-state index in [0.717, 1.165) is 133 Å². The monoisotopic (exact) mass is 1050 g/mol. The summed E-state index contributed by atoms with van der Waals surface area (Å²) in [5, 5.41) is 24.0. The van der Waals surface area contributed by atoms with E-state index in [1.807, 2.05) is 38.4 Å². The van der Waals surface area contributed by atoms with E-state index in [9.17, 15) is 14.4 Å². The van der Waals surface area contributed by atoms with Gasteiger partial charge in [-0.3, -0.25) is 14.4 Å². The minimum absolute atomic E-state index is 0.0587. The summed E-state index contributed by atoms with van der Waals surface area (Å²) in [4.78, 5) is 42.3. The first-order valence-electron chi connectivity index (χ1n) is 28.6. The minimum atomic E-state index is -0.184. The quantitative estimate of drug-likeness (QED) is 0.0182. The van der Waals surface area contributed by atoms with E-state index in [1.54, 1.807) is 0 Å². The first-order chi connectivity index (χ1) is 37.6. The largest absolute Gasteiger partial charge is 0.456 e. The van der Waals surface area contributed by atoms with Crippen molar-refractivity contribution in [3.63, 3.8) is 0 Å². The van der Waals surface area contributed by atoms with Gasteiger partial charge in [-0.1, -0.05) is 36.8 Å². The highest BCUT2D eigenvalue weighted by atomic mass is 16.5. The van der Waals surface area contributed by atoms with E-state index in [1.165, 1.54) is 44.1 Å². The van der Waals surface area contributed by atoms with Crippen molar-refractivity contribution in [2.45, 2.75) is 143 Å². The molecule has 12 heteroatoms. The first-order valence-corrected chi connectivity index (χ1v) is 28.6. The number of amides is 3. The van der Waals surface area contributed by atoms with Crippen LogP contribution in [-0.4, -0.2) is 62.5 Å². The van der Waals surface area contributed by atoms with Crippen LogP contribution in [-0.2, 0) is 29.2 Å². The van der Waals surface area contributed by atoms with Gasteiger partial charge in [0.1, 0.15) is 18.0 Å². The third-order valence-electron chi connectivity index (χ3n) is 15.3. The molecule has 3 aliphatic rings. The number of carbonyl (C=O) groups excluding carboxylic acids is 3. The fourth-order valence-corrected chi connectivity index (χ4v) is 11.7. The van der Waals surface area contributed by atoms with E-state index in [0.29, 0.717) is 38.0 Å². The van der Waals surface area contributed by atoms with Crippen LogP contribution >= 0.6 is 0 Å². The summed E-state index contributed by atoms with van der Waals surface area (Å²) in [6.07, 6.45) is 13.5. The third-order valence-corrected chi connectivity index (χ3v) is 15.3. The Morgan fingerprint density at radius 3 is 1.81 bits per heavy atom. The maximum absolute atomic E-state index is 13.4. The number of hydrogen-bond donors (Lipinski definition) is 7. The number of aryl methyl sites for hydroxylation is 1. The first kappa shape index (κ1) is 55.6. The van der Waals surface area contributed by atoms with Crippen molar-refractivity contribution in [1.29, 1.82) is 0 Å². The Bertz CT molecular complexity index is 3360. The summed E-state index contributed by atoms with van der Waals surface area (Å²) < 4.78 is 9.22. The molecule has 3 amide bonds. The van der Waals surface area contributed by atoms with Gasteiger partial charge in [0, 0.05) is 134 Å². The van der Waals surface area contributed by atoms with Crippen LogP contribution in [0.1, 0.15) is 156 Å². The van der Waals surface area contributed by atoms with Gasteiger partial charge in [-0.15, -0.1) is 0 Å². The van der Waals surface area contributed by atoms with Crippen LogP contribution in [0.15, 0.2) is 103 Å².